The van der Waals surface area contributed by atoms with E-state index in [1.165, 1.54) is 38.8 Å². The van der Waals surface area contributed by atoms with Crippen molar-refractivity contribution in [2.24, 2.45) is 5.92 Å². The number of halogens is 1. The van der Waals surface area contributed by atoms with Gasteiger partial charge in [0.05, 0.1) is 5.92 Å². The van der Waals surface area contributed by atoms with E-state index in [2.05, 4.69) is 15.1 Å². The maximum Gasteiger partial charge on any atom is 0.228 e. The first-order chi connectivity index (χ1) is 8.34. The van der Waals surface area contributed by atoms with Gasteiger partial charge in [0.25, 0.3) is 0 Å². The minimum Gasteiger partial charge on any atom is -0.342 e. The van der Waals surface area contributed by atoms with Gasteiger partial charge in [0.2, 0.25) is 5.91 Å². The molecule has 1 amide bonds. The summed E-state index contributed by atoms with van der Waals surface area (Å²) in [6.45, 7) is 6.32. The summed E-state index contributed by atoms with van der Waals surface area (Å²) in [6, 6.07) is 0.751. The third-order valence-electron chi connectivity index (χ3n) is 4.56. The molecule has 0 spiro atoms. The van der Waals surface area contributed by atoms with E-state index in [0.29, 0.717) is 5.91 Å². The Labute approximate surface area is 115 Å². The molecule has 3 fully saturated rings. The van der Waals surface area contributed by atoms with Gasteiger partial charge in [-0.25, -0.2) is 0 Å². The number of hydrogen-bond acceptors (Lipinski definition) is 3. The molecular weight excluding hydrogens is 250 g/mol. The zero-order valence-corrected chi connectivity index (χ0v) is 11.8. The number of carbonyl (C=O) groups excluding carboxylic acids is 1. The molecule has 3 aliphatic rings. The average Bonchev–Trinajstić information content (AvgIpc) is 2.80. The summed E-state index contributed by atoms with van der Waals surface area (Å²) in [5.74, 6) is 0.668. The maximum atomic E-state index is 12.1. The normalized spacial score (nSPS) is 26.8. The molecule has 0 aromatic carbocycles. The highest BCUT2D eigenvalue weighted by Crippen LogP contribution is 2.22. The lowest BCUT2D eigenvalue weighted by molar-refractivity contribution is -0.138. The van der Waals surface area contributed by atoms with Crippen molar-refractivity contribution in [2.45, 2.75) is 31.7 Å². The highest BCUT2D eigenvalue weighted by atomic mass is 35.5. The highest BCUT2D eigenvalue weighted by molar-refractivity contribution is 5.85. The molecule has 3 aliphatic heterocycles. The maximum absolute atomic E-state index is 12.1. The number of rotatable bonds is 2. The largest absolute Gasteiger partial charge is 0.342 e. The molecule has 5 heteroatoms. The number of nitrogens with one attached hydrogen (secondary N) is 1. The number of likely N-dealkylation sites (tertiary alicyclic amines) is 2. The second-order valence-corrected chi connectivity index (χ2v) is 5.65. The lowest BCUT2D eigenvalue weighted by Gasteiger charge is -2.39. The molecule has 0 aliphatic carbocycles. The van der Waals surface area contributed by atoms with Gasteiger partial charge in [-0.2, -0.15) is 0 Å². The summed E-state index contributed by atoms with van der Waals surface area (Å²) in [5, 5.41) is 3.18. The Morgan fingerprint density at radius 1 is 1.00 bits per heavy atom. The molecule has 0 bridgehead atoms. The van der Waals surface area contributed by atoms with Crippen LogP contribution in [0.1, 0.15) is 25.7 Å². The van der Waals surface area contributed by atoms with Gasteiger partial charge in [-0.1, -0.05) is 0 Å². The lowest BCUT2D eigenvalue weighted by Crippen LogP contribution is -2.54. The van der Waals surface area contributed by atoms with Crippen LogP contribution < -0.4 is 5.32 Å². The molecule has 18 heavy (non-hydrogen) atoms. The van der Waals surface area contributed by atoms with Gasteiger partial charge < -0.3 is 15.1 Å². The van der Waals surface area contributed by atoms with Crippen molar-refractivity contribution in [1.29, 1.82) is 0 Å². The summed E-state index contributed by atoms with van der Waals surface area (Å²) in [5.41, 5.74) is 0. The topological polar surface area (TPSA) is 35.6 Å². The zero-order valence-electron chi connectivity index (χ0n) is 10.9. The van der Waals surface area contributed by atoms with Gasteiger partial charge in [-0.3, -0.25) is 4.79 Å². The fourth-order valence-electron chi connectivity index (χ4n) is 3.28. The Kier molecular flexibility index (Phi) is 4.87. The molecule has 3 rings (SSSR count). The number of amides is 1. The van der Waals surface area contributed by atoms with Crippen LogP contribution in [0.2, 0.25) is 0 Å². The third-order valence-corrected chi connectivity index (χ3v) is 4.56. The summed E-state index contributed by atoms with van der Waals surface area (Å²) in [4.78, 5) is 16.8. The van der Waals surface area contributed by atoms with Gasteiger partial charge in [0.1, 0.15) is 0 Å². The van der Waals surface area contributed by atoms with E-state index in [1.54, 1.807) is 0 Å². The Hall–Kier alpha value is -0.320. The molecular formula is C13H24ClN3O. The first-order valence-electron chi connectivity index (χ1n) is 7.08. The van der Waals surface area contributed by atoms with Crippen LogP contribution in [0, 0.1) is 5.92 Å². The Bertz CT molecular complexity index is 282. The van der Waals surface area contributed by atoms with Crippen molar-refractivity contribution < 1.29 is 4.79 Å². The van der Waals surface area contributed by atoms with Crippen molar-refractivity contribution in [3.05, 3.63) is 0 Å². The predicted octanol–water partition coefficient (Wildman–Crippen LogP) is 0.714. The molecule has 1 N–H and O–H groups in total. The summed E-state index contributed by atoms with van der Waals surface area (Å²) >= 11 is 0. The van der Waals surface area contributed by atoms with Crippen molar-refractivity contribution in [2.75, 3.05) is 39.3 Å². The number of carbonyl (C=O) groups is 1. The van der Waals surface area contributed by atoms with Crippen LogP contribution >= 0.6 is 12.4 Å². The van der Waals surface area contributed by atoms with Gasteiger partial charge in [-0.05, 0) is 38.8 Å². The first kappa shape index (κ1) is 14.1. The van der Waals surface area contributed by atoms with Crippen molar-refractivity contribution in [3.8, 4) is 0 Å². The van der Waals surface area contributed by atoms with Crippen molar-refractivity contribution in [3.63, 3.8) is 0 Å². The standard InChI is InChI=1S/C13H23N3O.ClH/c17-13(11-9-14-10-11)16-7-3-12(4-8-16)15-5-1-2-6-15;/h11-12,14H,1-10H2;1H. The van der Waals surface area contributed by atoms with Crippen LogP contribution in [0.4, 0.5) is 0 Å². The quantitative estimate of drug-likeness (QED) is 0.805. The van der Waals surface area contributed by atoms with E-state index in [1.807, 2.05) is 0 Å². The minimum atomic E-state index is 0. The predicted molar refractivity (Wildman–Crippen MR) is 74.0 cm³/mol. The third kappa shape index (κ3) is 2.81. The van der Waals surface area contributed by atoms with E-state index in [9.17, 15) is 4.79 Å². The number of hydrogen-bond donors (Lipinski definition) is 1. The molecule has 3 saturated heterocycles. The first-order valence-corrected chi connectivity index (χ1v) is 7.08. The van der Waals surface area contributed by atoms with Crippen LogP contribution in [-0.4, -0.2) is 61.0 Å². The van der Waals surface area contributed by atoms with Gasteiger partial charge >= 0.3 is 0 Å². The molecule has 0 unspecified atom stereocenters. The van der Waals surface area contributed by atoms with Gasteiger partial charge in [-0.15, -0.1) is 12.4 Å². The number of nitrogens with zero attached hydrogens (tertiary/aromatic N) is 2. The fourth-order valence-corrected chi connectivity index (χ4v) is 3.28. The van der Waals surface area contributed by atoms with Crippen molar-refractivity contribution in [1.82, 2.24) is 15.1 Å². The van der Waals surface area contributed by atoms with Crippen LogP contribution in [0.5, 0.6) is 0 Å². The van der Waals surface area contributed by atoms with Crippen LogP contribution in [0.15, 0.2) is 0 Å². The monoisotopic (exact) mass is 273 g/mol. The Morgan fingerprint density at radius 2 is 1.61 bits per heavy atom. The van der Waals surface area contributed by atoms with E-state index in [0.717, 1.165) is 32.2 Å². The fraction of sp³-hybridized carbons (Fsp3) is 0.923. The number of piperidine rings is 1. The second-order valence-electron chi connectivity index (χ2n) is 5.65. The second kappa shape index (κ2) is 6.22. The van der Waals surface area contributed by atoms with E-state index >= 15 is 0 Å². The molecule has 3 heterocycles. The molecule has 0 saturated carbocycles. The Balaban J connectivity index is 0.00000120. The van der Waals surface area contributed by atoms with E-state index in [-0.39, 0.29) is 18.3 Å². The molecule has 104 valence electrons. The van der Waals surface area contributed by atoms with Gasteiger partial charge in [0.15, 0.2) is 0 Å². The van der Waals surface area contributed by atoms with Crippen molar-refractivity contribution >= 4 is 18.3 Å². The molecule has 0 aromatic heterocycles. The zero-order chi connectivity index (χ0) is 11.7. The molecule has 0 atom stereocenters. The average molecular weight is 274 g/mol. The minimum absolute atomic E-state index is 0. The summed E-state index contributed by atoms with van der Waals surface area (Å²) < 4.78 is 0. The van der Waals surface area contributed by atoms with Gasteiger partial charge in [0, 0.05) is 32.2 Å². The van der Waals surface area contributed by atoms with E-state index in [4.69, 9.17) is 0 Å². The molecule has 0 aromatic rings. The van der Waals surface area contributed by atoms with Crippen LogP contribution in [0.3, 0.4) is 0 Å². The molecule has 0 radical (unpaired) electrons. The van der Waals surface area contributed by atoms with Crippen LogP contribution in [0.25, 0.3) is 0 Å². The highest BCUT2D eigenvalue weighted by Gasteiger charge is 2.33. The summed E-state index contributed by atoms with van der Waals surface area (Å²) in [6.07, 6.45) is 5.11. The SMILES string of the molecule is Cl.O=C(C1CNC1)N1CCC(N2CCCC2)CC1. The molecule has 4 nitrogen and oxygen atoms in total. The lowest BCUT2D eigenvalue weighted by atomic mass is 9.98. The Morgan fingerprint density at radius 3 is 2.11 bits per heavy atom. The van der Waals surface area contributed by atoms with E-state index < -0.39 is 0 Å². The van der Waals surface area contributed by atoms with Crippen LogP contribution in [-0.2, 0) is 4.79 Å². The smallest absolute Gasteiger partial charge is 0.228 e. The summed E-state index contributed by atoms with van der Waals surface area (Å²) in [7, 11) is 0.